The Kier molecular flexibility index (Phi) is 5.29. The molecule has 0 spiro atoms. The van der Waals surface area contributed by atoms with Gasteiger partial charge in [0.1, 0.15) is 12.4 Å². The number of para-hydroxylation sites is 1. The monoisotopic (exact) mass is 317 g/mol. The van der Waals surface area contributed by atoms with Crippen LogP contribution in [-0.2, 0) is 0 Å². The van der Waals surface area contributed by atoms with Gasteiger partial charge in [0.25, 0.3) is 0 Å². The Morgan fingerprint density at radius 3 is 2.73 bits per heavy atom. The van der Waals surface area contributed by atoms with Crippen molar-refractivity contribution in [3.63, 3.8) is 0 Å². The molecule has 22 heavy (non-hydrogen) atoms. The van der Waals surface area contributed by atoms with E-state index in [9.17, 15) is 0 Å². The molecule has 1 aliphatic rings. The Morgan fingerprint density at radius 1 is 1.27 bits per heavy atom. The standard InChI is InChI=1S/C17H23N3OS/c1-14-13-19-17(22-14)20-10-7-15(8-11-20)18-9-12-21-16-5-3-2-4-6-16/h2-6,13,15,18H,7-12H2,1H3. The summed E-state index contributed by atoms with van der Waals surface area (Å²) in [7, 11) is 0. The molecule has 118 valence electrons. The van der Waals surface area contributed by atoms with E-state index in [1.807, 2.05) is 36.5 Å². The maximum atomic E-state index is 5.71. The highest BCUT2D eigenvalue weighted by molar-refractivity contribution is 7.15. The lowest BCUT2D eigenvalue weighted by Crippen LogP contribution is -2.43. The van der Waals surface area contributed by atoms with Gasteiger partial charge in [0, 0.05) is 36.8 Å². The number of anilines is 1. The highest BCUT2D eigenvalue weighted by Crippen LogP contribution is 2.24. The van der Waals surface area contributed by atoms with Crippen LogP contribution in [0.4, 0.5) is 5.13 Å². The lowest BCUT2D eigenvalue weighted by molar-refractivity contribution is 0.296. The minimum atomic E-state index is 0.594. The van der Waals surface area contributed by atoms with Gasteiger partial charge >= 0.3 is 0 Å². The van der Waals surface area contributed by atoms with E-state index in [1.165, 1.54) is 22.9 Å². The molecule has 0 unspecified atom stereocenters. The Morgan fingerprint density at radius 2 is 2.05 bits per heavy atom. The number of rotatable bonds is 6. The van der Waals surface area contributed by atoms with Crippen molar-refractivity contribution in [2.45, 2.75) is 25.8 Å². The minimum absolute atomic E-state index is 0.594. The molecule has 3 rings (SSSR count). The number of hydrogen-bond acceptors (Lipinski definition) is 5. The fraction of sp³-hybridized carbons (Fsp3) is 0.471. The van der Waals surface area contributed by atoms with Crippen molar-refractivity contribution in [1.29, 1.82) is 0 Å². The summed E-state index contributed by atoms with van der Waals surface area (Å²) in [6, 6.07) is 10.6. The van der Waals surface area contributed by atoms with Crippen molar-refractivity contribution in [3.8, 4) is 5.75 Å². The number of nitrogens with zero attached hydrogens (tertiary/aromatic N) is 2. The fourth-order valence-electron chi connectivity index (χ4n) is 2.71. The molecule has 0 radical (unpaired) electrons. The fourth-order valence-corrected chi connectivity index (χ4v) is 3.52. The van der Waals surface area contributed by atoms with Crippen molar-refractivity contribution in [2.24, 2.45) is 0 Å². The van der Waals surface area contributed by atoms with Crippen molar-refractivity contribution < 1.29 is 4.74 Å². The van der Waals surface area contributed by atoms with Crippen LogP contribution in [0, 0.1) is 6.92 Å². The van der Waals surface area contributed by atoms with Crippen molar-refractivity contribution in [2.75, 3.05) is 31.1 Å². The summed E-state index contributed by atoms with van der Waals surface area (Å²) in [4.78, 5) is 8.16. The van der Waals surface area contributed by atoms with Gasteiger partial charge < -0.3 is 15.0 Å². The molecule has 1 N–H and O–H groups in total. The zero-order valence-corrected chi connectivity index (χ0v) is 13.8. The Hall–Kier alpha value is -1.59. The van der Waals surface area contributed by atoms with E-state index in [1.54, 1.807) is 11.3 Å². The molecule has 0 aliphatic carbocycles. The van der Waals surface area contributed by atoms with Gasteiger partial charge in [-0.25, -0.2) is 4.98 Å². The summed E-state index contributed by atoms with van der Waals surface area (Å²) in [6.07, 6.45) is 4.30. The van der Waals surface area contributed by atoms with Crippen molar-refractivity contribution >= 4 is 16.5 Å². The van der Waals surface area contributed by atoms with Crippen LogP contribution in [0.15, 0.2) is 36.5 Å². The van der Waals surface area contributed by atoms with E-state index in [4.69, 9.17) is 4.74 Å². The largest absolute Gasteiger partial charge is 0.492 e. The van der Waals surface area contributed by atoms with Gasteiger partial charge in [-0.15, -0.1) is 11.3 Å². The van der Waals surface area contributed by atoms with Crippen LogP contribution in [0.5, 0.6) is 5.75 Å². The van der Waals surface area contributed by atoms with E-state index >= 15 is 0 Å². The smallest absolute Gasteiger partial charge is 0.185 e. The molecule has 1 saturated heterocycles. The summed E-state index contributed by atoms with van der Waals surface area (Å²) >= 11 is 1.79. The molecule has 0 atom stereocenters. The Labute approximate surface area is 136 Å². The molecule has 1 fully saturated rings. The van der Waals surface area contributed by atoms with Crippen molar-refractivity contribution in [3.05, 3.63) is 41.4 Å². The number of benzene rings is 1. The van der Waals surface area contributed by atoms with Gasteiger partial charge in [-0.3, -0.25) is 0 Å². The van der Waals surface area contributed by atoms with Gasteiger partial charge in [0.2, 0.25) is 0 Å². The molecule has 0 saturated carbocycles. The number of nitrogens with one attached hydrogen (secondary N) is 1. The number of ether oxygens (including phenoxy) is 1. The Balaban J connectivity index is 1.34. The van der Waals surface area contributed by atoms with Crippen LogP contribution < -0.4 is 15.0 Å². The summed E-state index contributed by atoms with van der Waals surface area (Å²) < 4.78 is 5.71. The predicted molar refractivity (Wildman–Crippen MR) is 92.0 cm³/mol. The number of aryl methyl sites for hydroxylation is 1. The first-order valence-electron chi connectivity index (χ1n) is 7.90. The first kappa shape index (κ1) is 15.3. The molecule has 1 aliphatic heterocycles. The normalized spacial score (nSPS) is 16.0. The summed E-state index contributed by atoms with van der Waals surface area (Å²) in [6.45, 7) is 5.91. The number of piperidine rings is 1. The summed E-state index contributed by atoms with van der Waals surface area (Å²) in [5.41, 5.74) is 0. The topological polar surface area (TPSA) is 37.4 Å². The molecule has 2 heterocycles. The summed E-state index contributed by atoms with van der Waals surface area (Å²) in [5, 5.41) is 4.77. The second-order valence-electron chi connectivity index (χ2n) is 5.63. The molecule has 1 aromatic heterocycles. The second kappa shape index (κ2) is 7.61. The lowest BCUT2D eigenvalue weighted by Gasteiger charge is -2.32. The van der Waals surface area contributed by atoms with Crippen LogP contribution >= 0.6 is 11.3 Å². The SMILES string of the molecule is Cc1cnc(N2CCC(NCCOc3ccccc3)CC2)s1. The molecule has 2 aromatic rings. The van der Waals surface area contributed by atoms with Crippen LogP contribution in [0.3, 0.4) is 0 Å². The van der Waals surface area contributed by atoms with E-state index < -0.39 is 0 Å². The molecule has 0 bridgehead atoms. The molecule has 0 amide bonds. The zero-order chi connectivity index (χ0) is 15.2. The molecular formula is C17H23N3OS. The van der Waals surface area contributed by atoms with E-state index in [0.29, 0.717) is 6.04 Å². The first-order chi connectivity index (χ1) is 10.8. The van der Waals surface area contributed by atoms with Crippen LogP contribution in [-0.4, -0.2) is 37.3 Å². The third-order valence-electron chi connectivity index (χ3n) is 3.92. The quantitative estimate of drug-likeness (QED) is 0.831. The van der Waals surface area contributed by atoms with Gasteiger partial charge in [-0.05, 0) is 31.9 Å². The van der Waals surface area contributed by atoms with Crippen LogP contribution in [0.2, 0.25) is 0 Å². The number of hydrogen-bond donors (Lipinski definition) is 1. The maximum absolute atomic E-state index is 5.71. The van der Waals surface area contributed by atoms with E-state index in [2.05, 4.69) is 22.1 Å². The van der Waals surface area contributed by atoms with Gasteiger partial charge in [-0.1, -0.05) is 18.2 Å². The van der Waals surface area contributed by atoms with E-state index in [0.717, 1.165) is 32.0 Å². The maximum Gasteiger partial charge on any atom is 0.185 e. The second-order valence-corrected chi connectivity index (χ2v) is 6.84. The first-order valence-corrected chi connectivity index (χ1v) is 8.71. The average molecular weight is 317 g/mol. The average Bonchev–Trinajstić information content (AvgIpc) is 3.00. The van der Waals surface area contributed by atoms with Gasteiger partial charge in [-0.2, -0.15) is 0 Å². The van der Waals surface area contributed by atoms with Gasteiger partial charge in [0.15, 0.2) is 5.13 Å². The Bertz CT molecular complexity index is 564. The minimum Gasteiger partial charge on any atom is -0.492 e. The summed E-state index contributed by atoms with van der Waals surface area (Å²) in [5.74, 6) is 0.943. The molecule has 5 heteroatoms. The molecular weight excluding hydrogens is 294 g/mol. The van der Waals surface area contributed by atoms with Crippen LogP contribution in [0.1, 0.15) is 17.7 Å². The molecule has 4 nitrogen and oxygen atoms in total. The highest BCUT2D eigenvalue weighted by Gasteiger charge is 2.20. The third-order valence-corrected chi connectivity index (χ3v) is 4.90. The highest BCUT2D eigenvalue weighted by atomic mass is 32.1. The number of thiazole rings is 1. The number of aromatic nitrogens is 1. The van der Waals surface area contributed by atoms with Gasteiger partial charge in [0.05, 0.1) is 0 Å². The zero-order valence-electron chi connectivity index (χ0n) is 13.0. The predicted octanol–water partition coefficient (Wildman–Crippen LogP) is 3.09. The van der Waals surface area contributed by atoms with Crippen molar-refractivity contribution in [1.82, 2.24) is 10.3 Å². The van der Waals surface area contributed by atoms with Crippen LogP contribution in [0.25, 0.3) is 0 Å². The van der Waals surface area contributed by atoms with E-state index in [-0.39, 0.29) is 0 Å². The molecule has 1 aromatic carbocycles. The lowest BCUT2D eigenvalue weighted by atomic mass is 10.1. The third kappa shape index (κ3) is 4.21.